The van der Waals surface area contributed by atoms with Crippen LogP contribution in [0.5, 0.6) is 0 Å². The fourth-order valence-corrected chi connectivity index (χ4v) is 0. The summed E-state index contributed by atoms with van der Waals surface area (Å²) in [7, 11) is 0. The van der Waals surface area contributed by atoms with E-state index >= 15 is 0 Å². The maximum atomic E-state index is 4.85. The molecule has 0 bridgehead atoms. The van der Waals surface area contributed by atoms with E-state index in [9.17, 15) is 0 Å². The third kappa shape index (κ3) is 22400. The highest BCUT2D eigenvalue weighted by Gasteiger charge is 1.33. The second-order valence-electron chi connectivity index (χ2n) is 0.816. The van der Waals surface area contributed by atoms with Crippen molar-refractivity contribution in [1.82, 2.24) is 0 Å². The molecule has 0 radical (unpaired) electrons. The maximum absolute atomic E-state index is 4.85. The minimum atomic E-state index is 0.750. The first-order valence-electron chi connectivity index (χ1n) is 3.23. The summed E-state index contributed by atoms with van der Waals surface area (Å²) in [6.07, 6.45) is 0. The number of hydrogen-bond acceptors (Lipinski definition) is 2. The summed E-state index contributed by atoms with van der Waals surface area (Å²) < 4.78 is 0. The van der Waals surface area contributed by atoms with Crippen molar-refractivity contribution in [1.29, 1.82) is 0 Å². The minimum absolute atomic E-state index is 0.750. The van der Waals surface area contributed by atoms with Crippen molar-refractivity contribution in [3.8, 4) is 0 Å². The minimum Gasteiger partial charge on any atom is -0.331 e. The molecule has 54 valence electrons. The lowest BCUT2D eigenvalue weighted by atomic mass is 10.8. The van der Waals surface area contributed by atoms with Crippen LogP contribution in [-0.2, 0) is 0 Å². The topological polar surface area (TPSA) is 52.0 Å². The first kappa shape index (κ1) is 15.7. The van der Waals surface area contributed by atoms with Gasteiger partial charge in [-0.05, 0) is 13.1 Å². The van der Waals surface area contributed by atoms with E-state index in [0.717, 1.165) is 13.1 Å². The van der Waals surface area contributed by atoms with Gasteiger partial charge in [0.15, 0.2) is 0 Å². The van der Waals surface area contributed by atoms with Crippen LogP contribution in [0.3, 0.4) is 0 Å². The van der Waals surface area contributed by atoms with Crippen LogP contribution in [0.2, 0.25) is 0 Å². The average Bonchev–Trinajstić information content (AvgIpc) is 1.75. The molecule has 0 aliphatic carbocycles. The summed E-state index contributed by atoms with van der Waals surface area (Å²) in [5.41, 5.74) is 9.69. The van der Waals surface area contributed by atoms with Gasteiger partial charge in [-0.2, -0.15) is 0 Å². The van der Waals surface area contributed by atoms with Gasteiger partial charge in [-0.25, -0.2) is 0 Å². The van der Waals surface area contributed by atoms with Crippen molar-refractivity contribution in [2.45, 2.75) is 27.7 Å². The molecule has 0 aromatic heterocycles. The summed E-state index contributed by atoms with van der Waals surface area (Å²) in [6, 6.07) is 0. The van der Waals surface area contributed by atoms with Crippen LogP contribution in [0.1, 0.15) is 27.7 Å². The molecule has 0 rings (SSSR count). The van der Waals surface area contributed by atoms with Crippen molar-refractivity contribution in [2.75, 3.05) is 13.1 Å². The Kier molecular flexibility index (Phi) is 129. The predicted molar refractivity (Wildman–Crippen MR) is 40.8 cm³/mol. The molecular formula is C6H20N2. The summed E-state index contributed by atoms with van der Waals surface area (Å²) in [4.78, 5) is 0. The number of hydrogen-bond donors (Lipinski definition) is 2. The van der Waals surface area contributed by atoms with Crippen molar-refractivity contribution in [2.24, 2.45) is 11.5 Å². The third-order valence-corrected chi connectivity index (χ3v) is 0. The van der Waals surface area contributed by atoms with E-state index in [0.29, 0.717) is 0 Å². The molecule has 0 aliphatic heterocycles. The van der Waals surface area contributed by atoms with E-state index in [4.69, 9.17) is 11.5 Å². The molecule has 2 nitrogen and oxygen atoms in total. The largest absolute Gasteiger partial charge is 0.331 e. The van der Waals surface area contributed by atoms with Crippen LogP contribution in [0, 0.1) is 0 Å². The van der Waals surface area contributed by atoms with Crippen LogP contribution in [0.25, 0.3) is 0 Å². The van der Waals surface area contributed by atoms with E-state index in [-0.39, 0.29) is 0 Å². The van der Waals surface area contributed by atoms with Crippen LogP contribution >= 0.6 is 0 Å². The first-order valence-corrected chi connectivity index (χ1v) is 3.23. The van der Waals surface area contributed by atoms with Gasteiger partial charge in [0.25, 0.3) is 0 Å². The highest BCUT2D eigenvalue weighted by molar-refractivity contribution is 4.00. The summed E-state index contributed by atoms with van der Waals surface area (Å²) >= 11 is 0. The van der Waals surface area contributed by atoms with E-state index < -0.39 is 0 Å². The molecule has 0 amide bonds. The van der Waals surface area contributed by atoms with Gasteiger partial charge in [-0.15, -0.1) is 0 Å². The fraction of sp³-hybridized carbons (Fsp3) is 1.00. The molecule has 0 atom stereocenters. The lowest BCUT2D eigenvalue weighted by molar-refractivity contribution is 1.14. The van der Waals surface area contributed by atoms with Gasteiger partial charge in [0, 0.05) is 0 Å². The summed E-state index contributed by atoms with van der Waals surface area (Å²) in [6.45, 7) is 9.31. The molecule has 0 fully saturated rings. The first-order chi connectivity index (χ1) is 3.83. The smallest absolute Gasteiger partial charge is 0.0106 e. The molecule has 0 unspecified atom stereocenters. The Morgan fingerprint density at radius 2 is 0.875 bits per heavy atom. The summed E-state index contributed by atoms with van der Waals surface area (Å²) in [5, 5.41) is 0. The molecular weight excluding hydrogens is 100 g/mol. The van der Waals surface area contributed by atoms with Gasteiger partial charge >= 0.3 is 0 Å². The second-order valence-corrected chi connectivity index (χ2v) is 0.816. The van der Waals surface area contributed by atoms with Gasteiger partial charge in [-0.3, -0.25) is 0 Å². The zero-order valence-corrected chi connectivity index (χ0v) is 6.57. The monoisotopic (exact) mass is 120 g/mol. The number of rotatable bonds is 0. The van der Waals surface area contributed by atoms with Gasteiger partial charge in [0.2, 0.25) is 0 Å². The number of nitrogens with two attached hydrogens (primary N) is 2. The molecule has 0 aromatic rings. The molecule has 4 N–H and O–H groups in total. The van der Waals surface area contributed by atoms with E-state index in [2.05, 4.69) is 0 Å². The Morgan fingerprint density at radius 1 is 0.875 bits per heavy atom. The van der Waals surface area contributed by atoms with Crippen molar-refractivity contribution >= 4 is 0 Å². The van der Waals surface area contributed by atoms with Gasteiger partial charge < -0.3 is 11.5 Å². The lowest BCUT2D eigenvalue weighted by Gasteiger charge is -1.53. The van der Waals surface area contributed by atoms with E-state index in [1.165, 1.54) is 0 Å². The molecule has 0 aliphatic rings. The quantitative estimate of drug-likeness (QED) is 0.500. The fourth-order valence-electron chi connectivity index (χ4n) is 0. The van der Waals surface area contributed by atoms with Crippen molar-refractivity contribution in [3.63, 3.8) is 0 Å². The molecule has 8 heavy (non-hydrogen) atoms. The van der Waals surface area contributed by atoms with Crippen molar-refractivity contribution < 1.29 is 0 Å². The van der Waals surface area contributed by atoms with Crippen LogP contribution in [-0.4, -0.2) is 13.1 Å². The molecule has 0 saturated heterocycles. The Labute approximate surface area is 53.3 Å². The zero-order chi connectivity index (χ0) is 7.41. The molecule has 2 heteroatoms. The Hall–Kier alpha value is -0.0800. The zero-order valence-electron chi connectivity index (χ0n) is 6.57. The average molecular weight is 120 g/mol. The normalized spacial score (nSPS) is 5.25. The second kappa shape index (κ2) is 65.8. The van der Waals surface area contributed by atoms with E-state index in [1.807, 2.05) is 27.7 Å². The molecule has 0 aromatic carbocycles. The van der Waals surface area contributed by atoms with Gasteiger partial charge in [-0.1, -0.05) is 27.7 Å². The molecule has 0 spiro atoms. The molecule has 0 saturated carbocycles. The third-order valence-electron chi connectivity index (χ3n) is 0. The van der Waals surface area contributed by atoms with Crippen molar-refractivity contribution in [3.05, 3.63) is 0 Å². The Balaban J connectivity index is -0.0000000483. The van der Waals surface area contributed by atoms with Gasteiger partial charge in [0.05, 0.1) is 0 Å². The summed E-state index contributed by atoms with van der Waals surface area (Å²) in [5.74, 6) is 0. The van der Waals surface area contributed by atoms with Crippen LogP contribution < -0.4 is 11.5 Å². The van der Waals surface area contributed by atoms with Gasteiger partial charge in [0.1, 0.15) is 0 Å². The Morgan fingerprint density at radius 3 is 0.875 bits per heavy atom. The highest BCUT2D eigenvalue weighted by Crippen LogP contribution is 1.20. The maximum Gasteiger partial charge on any atom is -0.0106 e. The lowest BCUT2D eigenvalue weighted by Crippen LogP contribution is -1.87. The van der Waals surface area contributed by atoms with Crippen LogP contribution in [0.15, 0.2) is 0 Å². The van der Waals surface area contributed by atoms with Crippen LogP contribution in [0.4, 0.5) is 0 Å². The Bertz CT molecular complexity index is 8.49. The predicted octanol–water partition coefficient (Wildman–Crippen LogP) is 0.956. The van der Waals surface area contributed by atoms with E-state index in [1.54, 1.807) is 0 Å². The molecule has 0 heterocycles. The standard InChI is InChI=1S/2C2H7N.C2H6/c2*1-2-3;1-2/h2*2-3H2,1H3;1-2H3. The highest BCUT2D eigenvalue weighted by atomic mass is 14.5. The SMILES string of the molecule is CC.CCN.CCN.